The van der Waals surface area contributed by atoms with Gasteiger partial charge in [-0.05, 0) is 94.2 Å². The van der Waals surface area contributed by atoms with Crippen LogP contribution in [0.1, 0.15) is 111 Å². The normalized spacial score (nSPS) is 21.0. The van der Waals surface area contributed by atoms with Gasteiger partial charge < -0.3 is 19.8 Å². The smallest absolute Gasteiger partial charge is 0.245 e. The van der Waals surface area contributed by atoms with Crippen molar-refractivity contribution in [1.29, 1.82) is 0 Å². The van der Waals surface area contributed by atoms with Crippen LogP contribution in [0.2, 0.25) is 0 Å². The van der Waals surface area contributed by atoms with Gasteiger partial charge in [-0.15, -0.1) is 0 Å². The van der Waals surface area contributed by atoms with Crippen molar-refractivity contribution >= 4 is 11.8 Å². The molecule has 4 saturated heterocycles. The highest BCUT2D eigenvalue weighted by molar-refractivity contribution is 5.85. The first-order valence-corrected chi connectivity index (χ1v) is 22.8. The number of amides is 2. The van der Waals surface area contributed by atoms with E-state index in [9.17, 15) is 9.59 Å². The minimum Gasteiger partial charge on any atom is -0.340 e. The van der Waals surface area contributed by atoms with E-state index in [1.54, 1.807) is 0 Å². The molecule has 0 unspecified atom stereocenters. The summed E-state index contributed by atoms with van der Waals surface area (Å²) < 4.78 is 0. The van der Waals surface area contributed by atoms with Gasteiger partial charge in [-0.1, -0.05) is 97.8 Å². The lowest BCUT2D eigenvalue weighted by molar-refractivity contribution is -0.139. The minimum atomic E-state index is -0.277. The summed E-state index contributed by atoms with van der Waals surface area (Å²) in [6, 6.07) is 28.0. The third-order valence-electron chi connectivity index (χ3n) is 13.5. The minimum absolute atomic E-state index is 0.0829. The van der Waals surface area contributed by atoms with E-state index >= 15 is 0 Å². The van der Waals surface area contributed by atoms with Crippen LogP contribution < -0.4 is 0 Å². The fraction of sp³-hybridized carbons (Fsp3) is 0.400. The summed E-state index contributed by atoms with van der Waals surface area (Å²) in [5.41, 5.74) is 6.63. The van der Waals surface area contributed by atoms with Gasteiger partial charge in [-0.3, -0.25) is 19.4 Å². The molecule has 12 heteroatoms. The highest BCUT2D eigenvalue weighted by atomic mass is 16.2. The SMILES string of the molecule is O=C([C@@H](c1ccccc1)N1CCCCC1)N1CCC[C@H]1c1ncc(-c2ccc(-c3ncc(-c4cnc([C@@H]5CCCN5C(=O)[C@@H](c5ccccc5)N5CCCCC5)[nH]4)cn3)cc2)[nH]1. The Labute approximate surface area is 363 Å². The van der Waals surface area contributed by atoms with Crippen LogP contribution in [0.4, 0.5) is 0 Å². The quantitative estimate of drug-likeness (QED) is 0.133. The summed E-state index contributed by atoms with van der Waals surface area (Å²) in [6.45, 7) is 5.25. The predicted molar refractivity (Wildman–Crippen MR) is 239 cm³/mol. The summed E-state index contributed by atoms with van der Waals surface area (Å²) in [4.78, 5) is 63.9. The maximum Gasteiger partial charge on any atom is 0.245 e. The average molecular weight is 829 g/mol. The van der Waals surface area contributed by atoms with Gasteiger partial charge in [-0.2, -0.15) is 0 Å². The maximum atomic E-state index is 14.4. The second kappa shape index (κ2) is 18.2. The molecule has 0 aliphatic carbocycles. The van der Waals surface area contributed by atoms with Crippen LogP contribution in [0.25, 0.3) is 33.9 Å². The first-order valence-electron chi connectivity index (χ1n) is 22.8. The van der Waals surface area contributed by atoms with Gasteiger partial charge >= 0.3 is 0 Å². The Hall–Kier alpha value is -5.98. The molecular weight excluding hydrogens is 773 g/mol. The van der Waals surface area contributed by atoms with Crippen molar-refractivity contribution in [2.24, 2.45) is 0 Å². The lowest BCUT2D eigenvalue weighted by Gasteiger charge is -2.37. The zero-order chi connectivity index (χ0) is 41.8. The number of nitrogens with one attached hydrogen (secondary N) is 2. The van der Waals surface area contributed by atoms with E-state index in [4.69, 9.17) is 19.9 Å². The van der Waals surface area contributed by atoms with Crippen LogP contribution in [0, 0.1) is 0 Å². The number of aromatic nitrogens is 6. The topological polar surface area (TPSA) is 130 Å². The monoisotopic (exact) mass is 828 g/mol. The molecule has 4 aliphatic heterocycles. The Morgan fingerprint density at radius 2 is 0.903 bits per heavy atom. The summed E-state index contributed by atoms with van der Waals surface area (Å²) in [7, 11) is 0. The molecule has 0 saturated carbocycles. The van der Waals surface area contributed by atoms with Gasteiger partial charge in [0.1, 0.15) is 23.7 Å². The number of hydrogen-bond acceptors (Lipinski definition) is 8. The lowest BCUT2D eigenvalue weighted by atomic mass is 10.00. The van der Waals surface area contributed by atoms with E-state index in [2.05, 4.69) is 61.1 Å². The van der Waals surface area contributed by atoms with E-state index in [1.807, 2.05) is 78.2 Å². The molecule has 0 spiro atoms. The van der Waals surface area contributed by atoms with Crippen molar-refractivity contribution in [1.82, 2.24) is 49.5 Å². The predicted octanol–water partition coefficient (Wildman–Crippen LogP) is 8.71. The van der Waals surface area contributed by atoms with Crippen LogP contribution in [0.3, 0.4) is 0 Å². The van der Waals surface area contributed by atoms with E-state index < -0.39 is 0 Å². The number of piperidine rings is 2. The number of carbonyl (C=O) groups is 2. The average Bonchev–Trinajstić information content (AvgIpc) is 4.19. The lowest BCUT2D eigenvalue weighted by Crippen LogP contribution is -2.44. The number of rotatable bonds is 11. The Morgan fingerprint density at radius 3 is 1.37 bits per heavy atom. The molecule has 3 aromatic carbocycles. The van der Waals surface area contributed by atoms with Crippen LogP contribution in [0.5, 0.6) is 0 Å². The van der Waals surface area contributed by atoms with Gasteiger partial charge in [0.05, 0.1) is 35.9 Å². The van der Waals surface area contributed by atoms with Gasteiger partial charge in [0.25, 0.3) is 0 Å². The second-order valence-corrected chi connectivity index (χ2v) is 17.4. The molecule has 4 atom stereocenters. The van der Waals surface area contributed by atoms with Crippen molar-refractivity contribution in [2.45, 2.75) is 88.4 Å². The first kappa shape index (κ1) is 40.1. The van der Waals surface area contributed by atoms with E-state index in [1.165, 1.54) is 12.8 Å². The fourth-order valence-electron chi connectivity index (χ4n) is 10.3. The Bertz CT molecular complexity index is 2250. The maximum absolute atomic E-state index is 14.4. The van der Waals surface area contributed by atoms with Crippen molar-refractivity contribution in [3.8, 4) is 33.9 Å². The highest BCUT2D eigenvalue weighted by Gasteiger charge is 2.40. The van der Waals surface area contributed by atoms with Gasteiger partial charge in [0, 0.05) is 36.6 Å². The molecule has 0 radical (unpaired) electrons. The third kappa shape index (κ3) is 8.21. The largest absolute Gasteiger partial charge is 0.340 e. The Morgan fingerprint density at radius 1 is 0.468 bits per heavy atom. The zero-order valence-corrected chi connectivity index (χ0v) is 35.4. The van der Waals surface area contributed by atoms with E-state index in [-0.39, 0.29) is 36.0 Å². The number of carbonyl (C=O) groups excluding carboxylic acids is 2. The van der Waals surface area contributed by atoms with Crippen LogP contribution in [-0.2, 0) is 9.59 Å². The number of nitrogens with zero attached hydrogens (tertiary/aromatic N) is 8. The van der Waals surface area contributed by atoms with Gasteiger partial charge in [0.15, 0.2) is 5.82 Å². The molecule has 6 aromatic rings. The molecule has 4 aliphatic rings. The molecule has 10 rings (SSSR count). The summed E-state index contributed by atoms with van der Waals surface area (Å²) in [5.74, 6) is 2.61. The van der Waals surface area contributed by atoms with Crippen molar-refractivity contribution in [3.05, 3.63) is 132 Å². The van der Waals surface area contributed by atoms with Crippen molar-refractivity contribution in [3.63, 3.8) is 0 Å². The second-order valence-electron chi connectivity index (χ2n) is 17.4. The van der Waals surface area contributed by atoms with Crippen molar-refractivity contribution < 1.29 is 9.59 Å². The molecular formula is C50H56N10O2. The first-order chi connectivity index (χ1) is 30.6. The summed E-state index contributed by atoms with van der Waals surface area (Å²) >= 11 is 0. The van der Waals surface area contributed by atoms with Crippen LogP contribution in [-0.4, -0.2) is 101 Å². The van der Waals surface area contributed by atoms with Gasteiger partial charge in [-0.25, -0.2) is 19.9 Å². The molecule has 7 heterocycles. The molecule has 4 fully saturated rings. The molecule has 12 nitrogen and oxygen atoms in total. The molecule has 0 bridgehead atoms. The number of benzene rings is 3. The standard InChI is InChI=1S/C50H56N10O2/c61-49(44(36-15-5-1-6-16-36)57-25-9-3-10-26-57)59-29-13-19-42(59)47-53-33-40(55-47)35-21-23-38(24-22-35)46-51-31-39(32-52-46)41-34-54-48(56-41)43-20-14-30-60(43)50(62)45(37-17-7-2-8-18-37)58-27-11-4-12-28-58/h1-2,5-8,15-18,21-24,31-34,42-45H,3-4,9-14,19-20,25-30H2,(H,53,55)(H,54,56)/t42-,43-,44+,45+/m0/s1. The zero-order valence-electron chi connectivity index (χ0n) is 35.4. The Kier molecular flexibility index (Phi) is 11.8. The van der Waals surface area contributed by atoms with Crippen LogP contribution in [0.15, 0.2) is 110 Å². The third-order valence-corrected chi connectivity index (χ3v) is 13.5. The number of imidazole rings is 2. The summed E-state index contributed by atoms with van der Waals surface area (Å²) in [6.07, 6.45) is 18.0. The van der Waals surface area contributed by atoms with E-state index in [0.717, 1.165) is 141 Å². The Balaban J connectivity index is 0.804. The molecule has 3 aromatic heterocycles. The number of aromatic amines is 2. The fourth-order valence-corrected chi connectivity index (χ4v) is 10.3. The summed E-state index contributed by atoms with van der Waals surface area (Å²) in [5, 5.41) is 0. The number of H-pyrrole nitrogens is 2. The highest BCUT2D eigenvalue weighted by Crippen LogP contribution is 2.38. The van der Waals surface area contributed by atoms with E-state index in [0.29, 0.717) is 5.82 Å². The number of likely N-dealkylation sites (tertiary alicyclic amines) is 4. The molecule has 62 heavy (non-hydrogen) atoms. The molecule has 2 N–H and O–H groups in total. The molecule has 318 valence electrons. The van der Waals surface area contributed by atoms with Crippen molar-refractivity contribution in [2.75, 3.05) is 39.3 Å². The van der Waals surface area contributed by atoms with Gasteiger partial charge in [0.2, 0.25) is 11.8 Å². The molecule has 2 amide bonds. The number of hydrogen-bond donors (Lipinski definition) is 2. The van der Waals surface area contributed by atoms with Crippen LogP contribution >= 0.6 is 0 Å².